The number of likely N-dealkylation sites (tertiary alicyclic amines) is 1. The Morgan fingerprint density at radius 1 is 0.750 bits per heavy atom. The fourth-order valence-electron chi connectivity index (χ4n) is 2.94. The number of piperidine rings is 1. The van der Waals surface area contributed by atoms with Crippen molar-refractivity contribution in [1.29, 1.82) is 0 Å². The molecule has 24 heavy (non-hydrogen) atoms. The van der Waals surface area contributed by atoms with E-state index in [0.29, 0.717) is 13.1 Å². The minimum absolute atomic E-state index is 0.161. The van der Waals surface area contributed by atoms with Crippen molar-refractivity contribution in [3.63, 3.8) is 0 Å². The van der Waals surface area contributed by atoms with Crippen LogP contribution in [0.4, 0.5) is 0 Å². The SMILES string of the molecule is Cc1ccc(/C=C2/CN(C)C/C(=C\c3ccc(C)cc3)C2=O)cc1. The number of hydrogen-bond acceptors (Lipinski definition) is 2. The maximum Gasteiger partial charge on any atom is 0.187 e. The molecule has 0 aromatic heterocycles. The number of likely N-dealkylation sites (N-methyl/N-ethyl adjacent to an activating group) is 1. The minimum Gasteiger partial charge on any atom is -0.298 e. The highest BCUT2D eigenvalue weighted by atomic mass is 16.1. The van der Waals surface area contributed by atoms with E-state index in [1.807, 2.05) is 12.2 Å². The molecule has 2 aromatic carbocycles. The van der Waals surface area contributed by atoms with Crippen LogP contribution in [0.5, 0.6) is 0 Å². The molecule has 0 aliphatic carbocycles. The van der Waals surface area contributed by atoms with Crippen LogP contribution in [0.15, 0.2) is 59.7 Å². The van der Waals surface area contributed by atoms with Gasteiger partial charge >= 0.3 is 0 Å². The Balaban J connectivity index is 1.90. The van der Waals surface area contributed by atoms with E-state index in [0.717, 1.165) is 22.3 Å². The highest BCUT2D eigenvalue weighted by Gasteiger charge is 2.23. The molecule has 3 rings (SSSR count). The van der Waals surface area contributed by atoms with Crippen LogP contribution in [0.3, 0.4) is 0 Å². The number of carbonyl (C=O) groups excluding carboxylic acids is 1. The summed E-state index contributed by atoms with van der Waals surface area (Å²) in [5.74, 6) is 0.161. The van der Waals surface area contributed by atoms with Crippen molar-refractivity contribution in [3.05, 3.63) is 81.9 Å². The Kier molecular flexibility index (Phi) is 4.77. The van der Waals surface area contributed by atoms with E-state index >= 15 is 0 Å². The molecule has 1 aliphatic heterocycles. The second kappa shape index (κ2) is 6.98. The average molecular weight is 317 g/mol. The van der Waals surface area contributed by atoms with Crippen LogP contribution in [-0.4, -0.2) is 30.8 Å². The van der Waals surface area contributed by atoms with Crippen LogP contribution in [0.2, 0.25) is 0 Å². The average Bonchev–Trinajstić information content (AvgIpc) is 2.56. The van der Waals surface area contributed by atoms with Crippen LogP contribution in [0, 0.1) is 13.8 Å². The fraction of sp³-hybridized carbons (Fsp3) is 0.227. The Bertz CT molecular complexity index is 727. The summed E-state index contributed by atoms with van der Waals surface area (Å²) in [5.41, 5.74) is 6.31. The van der Waals surface area contributed by atoms with Crippen LogP contribution in [0.1, 0.15) is 22.3 Å². The van der Waals surface area contributed by atoms with E-state index in [2.05, 4.69) is 74.3 Å². The van der Waals surface area contributed by atoms with Gasteiger partial charge in [0.2, 0.25) is 0 Å². The van der Waals surface area contributed by atoms with Crippen molar-refractivity contribution in [2.75, 3.05) is 20.1 Å². The maximum atomic E-state index is 12.9. The molecule has 0 atom stereocenters. The normalized spacial score (nSPS) is 19.2. The van der Waals surface area contributed by atoms with Gasteiger partial charge in [-0.15, -0.1) is 0 Å². The maximum absolute atomic E-state index is 12.9. The van der Waals surface area contributed by atoms with Crippen molar-refractivity contribution < 1.29 is 4.79 Å². The van der Waals surface area contributed by atoms with Gasteiger partial charge in [-0.25, -0.2) is 0 Å². The zero-order valence-electron chi connectivity index (χ0n) is 14.5. The molecule has 0 spiro atoms. The third kappa shape index (κ3) is 3.90. The van der Waals surface area contributed by atoms with Gasteiger partial charge in [-0.1, -0.05) is 59.7 Å². The van der Waals surface area contributed by atoms with Crippen molar-refractivity contribution in [2.24, 2.45) is 0 Å². The van der Waals surface area contributed by atoms with Crippen molar-refractivity contribution in [3.8, 4) is 0 Å². The number of hydrogen-bond donors (Lipinski definition) is 0. The molecule has 1 heterocycles. The van der Waals surface area contributed by atoms with E-state index in [1.54, 1.807) is 0 Å². The second-order valence-electron chi connectivity index (χ2n) is 6.66. The number of nitrogens with zero attached hydrogens (tertiary/aromatic N) is 1. The quantitative estimate of drug-likeness (QED) is 0.770. The van der Waals surface area contributed by atoms with E-state index in [9.17, 15) is 4.79 Å². The number of carbonyl (C=O) groups is 1. The standard InChI is InChI=1S/C22H23NO/c1-16-4-8-18(9-5-16)12-20-14-23(3)15-21(22(20)24)13-19-10-6-17(2)7-11-19/h4-13H,14-15H2,1-3H3/b20-12-,21-13+. The molecule has 1 saturated heterocycles. The smallest absolute Gasteiger partial charge is 0.187 e. The van der Waals surface area contributed by atoms with Gasteiger partial charge in [-0.2, -0.15) is 0 Å². The summed E-state index contributed by atoms with van der Waals surface area (Å²) >= 11 is 0. The predicted molar refractivity (Wildman–Crippen MR) is 101 cm³/mol. The lowest BCUT2D eigenvalue weighted by atomic mass is 9.94. The van der Waals surface area contributed by atoms with Gasteiger partial charge in [0.25, 0.3) is 0 Å². The molecule has 0 N–H and O–H groups in total. The topological polar surface area (TPSA) is 20.3 Å². The van der Waals surface area contributed by atoms with E-state index in [4.69, 9.17) is 0 Å². The van der Waals surface area contributed by atoms with Gasteiger partial charge < -0.3 is 0 Å². The number of Topliss-reactive ketones (excluding diaryl/α,β-unsaturated/α-hetero) is 1. The lowest BCUT2D eigenvalue weighted by Crippen LogP contribution is -2.34. The summed E-state index contributed by atoms with van der Waals surface area (Å²) in [5, 5.41) is 0. The molecule has 0 radical (unpaired) electrons. The first kappa shape index (κ1) is 16.4. The van der Waals surface area contributed by atoms with E-state index in [-0.39, 0.29) is 5.78 Å². The monoisotopic (exact) mass is 317 g/mol. The van der Waals surface area contributed by atoms with Gasteiger partial charge in [0, 0.05) is 24.2 Å². The Hall–Kier alpha value is -2.45. The van der Waals surface area contributed by atoms with Gasteiger partial charge in [0.05, 0.1) is 0 Å². The van der Waals surface area contributed by atoms with Crippen LogP contribution < -0.4 is 0 Å². The molecule has 2 aromatic rings. The summed E-state index contributed by atoms with van der Waals surface area (Å²) < 4.78 is 0. The Morgan fingerprint density at radius 2 is 1.12 bits per heavy atom. The number of benzene rings is 2. The van der Waals surface area contributed by atoms with Crippen molar-refractivity contribution in [2.45, 2.75) is 13.8 Å². The van der Waals surface area contributed by atoms with E-state index < -0.39 is 0 Å². The van der Waals surface area contributed by atoms with Crippen LogP contribution in [0.25, 0.3) is 12.2 Å². The summed E-state index contributed by atoms with van der Waals surface area (Å²) in [7, 11) is 2.05. The van der Waals surface area contributed by atoms with Gasteiger partial charge in [-0.3, -0.25) is 9.69 Å². The number of aryl methyl sites for hydroxylation is 2. The molecular weight excluding hydrogens is 294 g/mol. The predicted octanol–water partition coefficient (Wildman–Crippen LogP) is 4.28. The molecular formula is C22H23NO. The van der Waals surface area contributed by atoms with Gasteiger partial charge in [-0.05, 0) is 44.2 Å². The number of ketones is 1. The summed E-state index contributed by atoms with van der Waals surface area (Å²) in [4.78, 5) is 15.0. The first-order valence-corrected chi connectivity index (χ1v) is 8.29. The Morgan fingerprint density at radius 3 is 1.50 bits per heavy atom. The molecule has 0 unspecified atom stereocenters. The third-order valence-corrected chi connectivity index (χ3v) is 4.30. The summed E-state index contributed by atoms with van der Waals surface area (Å²) in [6.07, 6.45) is 4.03. The van der Waals surface area contributed by atoms with Gasteiger partial charge in [0.1, 0.15) is 0 Å². The van der Waals surface area contributed by atoms with Crippen LogP contribution >= 0.6 is 0 Å². The molecule has 2 nitrogen and oxygen atoms in total. The molecule has 2 heteroatoms. The minimum atomic E-state index is 0.161. The van der Waals surface area contributed by atoms with Crippen molar-refractivity contribution in [1.82, 2.24) is 4.90 Å². The third-order valence-electron chi connectivity index (χ3n) is 4.30. The molecule has 1 aliphatic rings. The van der Waals surface area contributed by atoms with Crippen molar-refractivity contribution >= 4 is 17.9 Å². The molecule has 0 bridgehead atoms. The molecule has 0 saturated carbocycles. The van der Waals surface area contributed by atoms with Gasteiger partial charge in [0.15, 0.2) is 5.78 Å². The molecule has 0 amide bonds. The first-order valence-electron chi connectivity index (χ1n) is 8.29. The summed E-state index contributed by atoms with van der Waals surface area (Å²) in [6.45, 7) is 5.52. The first-order chi connectivity index (χ1) is 11.5. The fourth-order valence-corrected chi connectivity index (χ4v) is 2.94. The second-order valence-corrected chi connectivity index (χ2v) is 6.66. The largest absolute Gasteiger partial charge is 0.298 e. The van der Waals surface area contributed by atoms with E-state index in [1.165, 1.54) is 11.1 Å². The zero-order valence-corrected chi connectivity index (χ0v) is 14.5. The lowest BCUT2D eigenvalue weighted by Gasteiger charge is -2.26. The van der Waals surface area contributed by atoms with Crippen LogP contribution in [-0.2, 0) is 4.79 Å². The lowest BCUT2D eigenvalue weighted by molar-refractivity contribution is -0.113. The Labute approximate surface area is 144 Å². The number of rotatable bonds is 2. The molecule has 122 valence electrons. The molecule has 1 fully saturated rings. The highest BCUT2D eigenvalue weighted by molar-refractivity contribution is 6.14. The zero-order chi connectivity index (χ0) is 17.1. The highest BCUT2D eigenvalue weighted by Crippen LogP contribution is 2.21. The summed E-state index contributed by atoms with van der Waals surface area (Å²) in [6, 6.07) is 16.6.